The molecule has 1 fully saturated rings. The van der Waals surface area contributed by atoms with Gasteiger partial charge in [0.1, 0.15) is 18.5 Å². The van der Waals surface area contributed by atoms with Gasteiger partial charge in [-0.25, -0.2) is 0 Å². The lowest BCUT2D eigenvalue weighted by atomic mass is 9.92. The molecule has 0 amide bonds. The summed E-state index contributed by atoms with van der Waals surface area (Å²) in [6.45, 7) is 6.63. The molecule has 3 nitrogen and oxygen atoms in total. The van der Waals surface area contributed by atoms with Gasteiger partial charge >= 0.3 is 0 Å². The second kappa shape index (κ2) is 6.15. The summed E-state index contributed by atoms with van der Waals surface area (Å²) in [5, 5.41) is 11.6. The summed E-state index contributed by atoms with van der Waals surface area (Å²) in [7, 11) is 0. The van der Waals surface area contributed by atoms with Crippen LogP contribution < -0.4 is 4.74 Å². The monoisotopic (exact) mass is 309 g/mol. The number of nitrogens with zero attached hydrogens (tertiary/aromatic N) is 1. The van der Waals surface area contributed by atoms with Crippen molar-refractivity contribution >= 4 is 11.6 Å². The highest BCUT2D eigenvalue weighted by Crippen LogP contribution is 2.41. The minimum atomic E-state index is -0.509. The molecule has 0 radical (unpaired) electrons. The van der Waals surface area contributed by atoms with Gasteiger partial charge in [-0.3, -0.25) is 4.90 Å². The van der Waals surface area contributed by atoms with Crippen LogP contribution in [0, 0.1) is 13.8 Å². The lowest BCUT2D eigenvalue weighted by Crippen LogP contribution is -2.46. The molecule has 0 aromatic heterocycles. The van der Waals surface area contributed by atoms with Crippen LogP contribution in [0.25, 0.3) is 0 Å². The van der Waals surface area contributed by atoms with Crippen molar-refractivity contribution in [3.63, 3.8) is 0 Å². The highest BCUT2D eigenvalue weighted by atomic mass is 35.5. The normalized spacial score (nSPS) is 26.9. The Labute approximate surface area is 131 Å². The van der Waals surface area contributed by atoms with Crippen LogP contribution in [0.3, 0.4) is 0 Å². The second-order valence-electron chi connectivity index (χ2n) is 6.32. The van der Waals surface area contributed by atoms with Crippen LogP contribution in [-0.4, -0.2) is 35.7 Å². The van der Waals surface area contributed by atoms with E-state index in [1.807, 2.05) is 19.9 Å². The summed E-state index contributed by atoms with van der Waals surface area (Å²) < 4.78 is 5.96. The molecule has 0 aliphatic carbocycles. The summed E-state index contributed by atoms with van der Waals surface area (Å²) >= 11 is 6.36. The first kappa shape index (κ1) is 15.1. The molecule has 1 aromatic rings. The Bertz CT molecular complexity index is 524. The van der Waals surface area contributed by atoms with E-state index in [4.69, 9.17) is 16.3 Å². The zero-order valence-corrected chi connectivity index (χ0v) is 13.6. The van der Waals surface area contributed by atoms with E-state index in [-0.39, 0.29) is 6.04 Å². The summed E-state index contributed by atoms with van der Waals surface area (Å²) in [4.78, 5) is 2.40. The Morgan fingerprint density at radius 3 is 2.52 bits per heavy atom. The summed E-state index contributed by atoms with van der Waals surface area (Å²) in [6.07, 6.45) is 4.50. The van der Waals surface area contributed by atoms with Crippen LogP contribution >= 0.6 is 11.6 Å². The molecule has 116 valence electrons. The third-order valence-corrected chi connectivity index (χ3v) is 5.45. The maximum absolute atomic E-state index is 10.9. The zero-order valence-electron chi connectivity index (χ0n) is 12.9. The molecule has 0 bridgehead atoms. The molecule has 1 aromatic carbocycles. The van der Waals surface area contributed by atoms with E-state index in [9.17, 15) is 5.11 Å². The Kier molecular flexibility index (Phi) is 4.43. The van der Waals surface area contributed by atoms with Crippen LogP contribution in [0.15, 0.2) is 6.07 Å². The fraction of sp³-hybridized carbons (Fsp3) is 0.647. The molecular weight excluding hydrogens is 286 g/mol. The molecule has 0 spiro atoms. The van der Waals surface area contributed by atoms with E-state index in [0.717, 1.165) is 40.6 Å². The smallest absolute Gasteiger partial charge is 0.125 e. The molecule has 2 aliphatic heterocycles. The van der Waals surface area contributed by atoms with Crippen LogP contribution in [0.5, 0.6) is 5.75 Å². The van der Waals surface area contributed by atoms with Gasteiger partial charge in [-0.2, -0.15) is 0 Å². The molecule has 2 heterocycles. The quantitative estimate of drug-likeness (QED) is 0.860. The van der Waals surface area contributed by atoms with Crippen molar-refractivity contribution in [3.8, 4) is 5.75 Å². The van der Waals surface area contributed by atoms with Gasteiger partial charge in [0.15, 0.2) is 0 Å². The van der Waals surface area contributed by atoms with E-state index in [0.29, 0.717) is 6.61 Å². The first-order valence-corrected chi connectivity index (χ1v) is 8.32. The number of fused-ring (bicyclic) bond motifs is 1. The number of aliphatic hydroxyl groups is 1. The lowest BCUT2D eigenvalue weighted by Gasteiger charge is -2.38. The van der Waals surface area contributed by atoms with Gasteiger partial charge in [-0.1, -0.05) is 24.4 Å². The predicted molar refractivity (Wildman–Crippen MR) is 85.2 cm³/mol. The first-order chi connectivity index (χ1) is 10.1. The number of ether oxygens (including phenoxy) is 1. The predicted octanol–water partition coefficient (Wildman–Crippen LogP) is 3.63. The Morgan fingerprint density at radius 2 is 1.86 bits per heavy atom. The number of benzene rings is 1. The second-order valence-corrected chi connectivity index (χ2v) is 6.70. The van der Waals surface area contributed by atoms with Crippen molar-refractivity contribution in [2.24, 2.45) is 0 Å². The highest BCUT2D eigenvalue weighted by Gasteiger charge is 2.35. The number of hydrogen-bond donors (Lipinski definition) is 1. The SMILES string of the molecule is Cc1cc2c(c(C)c1Cl)C(O)C(N1CCCCCC1)CO2. The maximum Gasteiger partial charge on any atom is 0.125 e. The molecule has 21 heavy (non-hydrogen) atoms. The van der Waals surface area contributed by atoms with Crippen molar-refractivity contribution in [1.82, 2.24) is 4.90 Å². The summed E-state index contributed by atoms with van der Waals surface area (Å²) in [5.41, 5.74) is 2.85. The maximum atomic E-state index is 10.9. The number of aryl methyl sites for hydroxylation is 1. The van der Waals surface area contributed by atoms with Crippen molar-refractivity contribution in [2.45, 2.75) is 51.7 Å². The fourth-order valence-electron chi connectivity index (χ4n) is 3.61. The molecule has 2 aliphatic rings. The van der Waals surface area contributed by atoms with Gasteiger partial charge in [-0.05, 0) is 57.0 Å². The molecule has 4 heteroatoms. The van der Waals surface area contributed by atoms with Crippen molar-refractivity contribution in [1.29, 1.82) is 0 Å². The number of hydrogen-bond acceptors (Lipinski definition) is 3. The number of halogens is 1. The van der Waals surface area contributed by atoms with E-state index >= 15 is 0 Å². The van der Waals surface area contributed by atoms with E-state index in [1.54, 1.807) is 0 Å². The lowest BCUT2D eigenvalue weighted by molar-refractivity contribution is 0.00439. The van der Waals surface area contributed by atoms with Crippen molar-refractivity contribution in [3.05, 3.63) is 27.8 Å². The Morgan fingerprint density at radius 1 is 1.19 bits per heavy atom. The highest BCUT2D eigenvalue weighted by molar-refractivity contribution is 6.32. The molecule has 2 unspecified atom stereocenters. The van der Waals surface area contributed by atoms with Gasteiger partial charge in [-0.15, -0.1) is 0 Å². The minimum Gasteiger partial charge on any atom is -0.491 e. The van der Waals surface area contributed by atoms with Gasteiger partial charge in [0.25, 0.3) is 0 Å². The van der Waals surface area contributed by atoms with Gasteiger partial charge in [0, 0.05) is 10.6 Å². The zero-order chi connectivity index (χ0) is 15.0. The van der Waals surface area contributed by atoms with Crippen molar-refractivity contribution in [2.75, 3.05) is 19.7 Å². The van der Waals surface area contributed by atoms with Gasteiger partial charge in [0.05, 0.1) is 6.04 Å². The van der Waals surface area contributed by atoms with Crippen LogP contribution in [-0.2, 0) is 0 Å². The van der Waals surface area contributed by atoms with Crippen molar-refractivity contribution < 1.29 is 9.84 Å². The number of aliphatic hydroxyl groups excluding tert-OH is 1. The molecule has 2 atom stereocenters. The average molecular weight is 310 g/mol. The first-order valence-electron chi connectivity index (χ1n) is 7.94. The van der Waals surface area contributed by atoms with Crippen LogP contribution in [0.2, 0.25) is 5.02 Å². The van der Waals surface area contributed by atoms with Crippen LogP contribution in [0.1, 0.15) is 48.5 Å². The molecular formula is C17H24ClNO2. The Hall–Kier alpha value is -0.770. The molecule has 3 rings (SSSR count). The number of likely N-dealkylation sites (tertiary alicyclic amines) is 1. The van der Waals surface area contributed by atoms with Crippen LogP contribution in [0.4, 0.5) is 0 Å². The van der Waals surface area contributed by atoms with E-state index in [1.165, 1.54) is 25.7 Å². The average Bonchev–Trinajstić information content (AvgIpc) is 2.74. The number of rotatable bonds is 1. The summed E-state index contributed by atoms with van der Waals surface area (Å²) in [6, 6.07) is 2.00. The van der Waals surface area contributed by atoms with E-state index < -0.39 is 6.10 Å². The standard InChI is InChI=1S/C17H24ClNO2/c1-11-9-14-15(12(2)16(11)18)17(20)13(10-21-14)19-7-5-3-4-6-8-19/h9,13,17,20H,3-8,10H2,1-2H3. The van der Waals surface area contributed by atoms with E-state index in [2.05, 4.69) is 4.90 Å². The minimum absolute atomic E-state index is 0.0491. The fourth-order valence-corrected chi connectivity index (χ4v) is 3.77. The topological polar surface area (TPSA) is 32.7 Å². The molecule has 1 N–H and O–H groups in total. The largest absolute Gasteiger partial charge is 0.491 e. The third kappa shape index (κ3) is 2.79. The Balaban J connectivity index is 1.91. The van der Waals surface area contributed by atoms with Gasteiger partial charge < -0.3 is 9.84 Å². The summed E-state index contributed by atoms with van der Waals surface area (Å²) in [5.74, 6) is 0.799. The van der Waals surface area contributed by atoms with Gasteiger partial charge in [0.2, 0.25) is 0 Å². The molecule has 1 saturated heterocycles. The third-order valence-electron chi connectivity index (χ3n) is 4.87. The molecule has 0 saturated carbocycles.